The third-order valence-corrected chi connectivity index (χ3v) is 3.63. The van der Waals surface area contributed by atoms with Crippen LogP contribution in [0.5, 0.6) is 0 Å². The van der Waals surface area contributed by atoms with Gasteiger partial charge < -0.3 is 5.73 Å². The summed E-state index contributed by atoms with van der Waals surface area (Å²) >= 11 is 0. The molecule has 0 unspecified atom stereocenters. The number of nitrogens with two attached hydrogens (primary N) is 1. The first-order valence-corrected chi connectivity index (χ1v) is 6.15. The van der Waals surface area contributed by atoms with Crippen LogP contribution in [0.1, 0.15) is 43.6 Å². The van der Waals surface area contributed by atoms with E-state index >= 15 is 0 Å². The fourth-order valence-corrected chi connectivity index (χ4v) is 2.82. The van der Waals surface area contributed by atoms with Crippen molar-refractivity contribution in [1.82, 2.24) is 0 Å². The lowest BCUT2D eigenvalue weighted by molar-refractivity contribution is 0.309. The lowest BCUT2D eigenvalue weighted by Gasteiger charge is -2.29. The van der Waals surface area contributed by atoms with Gasteiger partial charge in [-0.15, -0.1) is 0 Å². The minimum atomic E-state index is 0.788. The van der Waals surface area contributed by atoms with Crippen molar-refractivity contribution in [3.05, 3.63) is 35.9 Å². The molecule has 0 heterocycles. The summed E-state index contributed by atoms with van der Waals surface area (Å²) in [5.41, 5.74) is 7.17. The normalized spacial score (nSPS) is 26.5. The SMILES string of the molecule is NCC[C@H]1CCC[C@H](c2ccccc2)C1. The maximum Gasteiger partial charge on any atom is -0.00746 e. The van der Waals surface area contributed by atoms with Gasteiger partial charge in [0.2, 0.25) is 0 Å². The Morgan fingerprint density at radius 2 is 1.93 bits per heavy atom. The molecule has 0 radical (unpaired) electrons. The van der Waals surface area contributed by atoms with Crippen molar-refractivity contribution in [1.29, 1.82) is 0 Å². The molecular weight excluding hydrogens is 182 g/mol. The summed E-state index contributed by atoms with van der Waals surface area (Å²) in [5, 5.41) is 0. The summed E-state index contributed by atoms with van der Waals surface area (Å²) in [4.78, 5) is 0. The number of benzene rings is 1. The van der Waals surface area contributed by atoms with Crippen molar-refractivity contribution in [3.63, 3.8) is 0 Å². The third kappa shape index (κ3) is 2.82. The van der Waals surface area contributed by atoms with Gasteiger partial charge in [-0.25, -0.2) is 0 Å². The zero-order valence-corrected chi connectivity index (χ0v) is 9.36. The van der Waals surface area contributed by atoms with Gasteiger partial charge in [-0.2, -0.15) is 0 Å². The monoisotopic (exact) mass is 203 g/mol. The lowest BCUT2D eigenvalue weighted by atomic mass is 9.77. The first kappa shape index (κ1) is 10.7. The molecule has 0 aliphatic heterocycles. The van der Waals surface area contributed by atoms with Crippen LogP contribution in [0.4, 0.5) is 0 Å². The first-order valence-electron chi connectivity index (χ1n) is 6.15. The first-order chi connectivity index (χ1) is 7.40. The van der Waals surface area contributed by atoms with E-state index in [0.29, 0.717) is 0 Å². The molecule has 1 aliphatic carbocycles. The van der Waals surface area contributed by atoms with Crippen molar-refractivity contribution >= 4 is 0 Å². The van der Waals surface area contributed by atoms with Crippen LogP contribution >= 0.6 is 0 Å². The summed E-state index contributed by atoms with van der Waals surface area (Å²) in [7, 11) is 0. The lowest BCUT2D eigenvalue weighted by Crippen LogP contribution is -2.17. The van der Waals surface area contributed by atoms with Gasteiger partial charge >= 0.3 is 0 Å². The minimum Gasteiger partial charge on any atom is -0.330 e. The largest absolute Gasteiger partial charge is 0.330 e. The summed E-state index contributed by atoms with van der Waals surface area (Å²) in [5.74, 6) is 1.66. The molecule has 1 aromatic rings. The zero-order chi connectivity index (χ0) is 10.5. The maximum atomic E-state index is 5.64. The van der Waals surface area contributed by atoms with Crippen LogP contribution in [-0.4, -0.2) is 6.54 Å². The van der Waals surface area contributed by atoms with Crippen molar-refractivity contribution in [3.8, 4) is 0 Å². The Balaban J connectivity index is 1.98. The third-order valence-electron chi connectivity index (χ3n) is 3.63. The molecule has 0 aromatic heterocycles. The van der Waals surface area contributed by atoms with E-state index < -0.39 is 0 Å². The molecule has 15 heavy (non-hydrogen) atoms. The Kier molecular flexibility index (Phi) is 3.79. The molecule has 2 atom stereocenters. The Labute approximate surface area is 92.7 Å². The van der Waals surface area contributed by atoms with E-state index in [0.717, 1.165) is 18.4 Å². The second-order valence-electron chi connectivity index (χ2n) is 4.72. The Morgan fingerprint density at radius 3 is 2.67 bits per heavy atom. The van der Waals surface area contributed by atoms with Gasteiger partial charge in [-0.05, 0) is 43.2 Å². The van der Waals surface area contributed by atoms with Gasteiger partial charge in [-0.1, -0.05) is 43.2 Å². The zero-order valence-electron chi connectivity index (χ0n) is 9.36. The van der Waals surface area contributed by atoms with Crippen LogP contribution in [0.2, 0.25) is 0 Å². The molecule has 1 saturated carbocycles. The molecule has 1 nitrogen and oxygen atoms in total. The number of rotatable bonds is 3. The maximum absolute atomic E-state index is 5.64. The Bertz CT molecular complexity index is 279. The van der Waals surface area contributed by atoms with E-state index in [9.17, 15) is 0 Å². The van der Waals surface area contributed by atoms with Crippen molar-refractivity contribution < 1.29 is 0 Å². The van der Waals surface area contributed by atoms with E-state index in [4.69, 9.17) is 5.73 Å². The van der Waals surface area contributed by atoms with Crippen LogP contribution in [0, 0.1) is 5.92 Å². The summed E-state index contributed by atoms with van der Waals surface area (Å²) in [6.07, 6.45) is 6.69. The molecule has 1 aromatic carbocycles. The second kappa shape index (κ2) is 5.32. The molecule has 1 fully saturated rings. The molecule has 1 heteroatoms. The van der Waals surface area contributed by atoms with E-state index in [1.165, 1.54) is 37.7 Å². The highest BCUT2D eigenvalue weighted by Gasteiger charge is 2.22. The molecule has 2 N–H and O–H groups in total. The topological polar surface area (TPSA) is 26.0 Å². The molecule has 82 valence electrons. The molecule has 0 bridgehead atoms. The van der Waals surface area contributed by atoms with Gasteiger partial charge in [0, 0.05) is 0 Å². The van der Waals surface area contributed by atoms with Gasteiger partial charge in [0.25, 0.3) is 0 Å². The highest BCUT2D eigenvalue weighted by molar-refractivity contribution is 5.19. The summed E-state index contributed by atoms with van der Waals surface area (Å²) in [6, 6.07) is 11.0. The summed E-state index contributed by atoms with van der Waals surface area (Å²) in [6.45, 7) is 0.853. The van der Waals surface area contributed by atoms with E-state index in [-0.39, 0.29) is 0 Å². The van der Waals surface area contributed by atoms with Crippen LogP contribution in [-0.2, 0) is 0 Å². The molecular formula is C14H21N. The molecule has 0 saturated heterocycles. The minimum absolute atomic E-state index is 0.788. The predicted octanol–water partition coefficient (Wildman–Crippen LogP) is 3.31. The standard InChI is InChI=1S/C14H21N/c15-10-9-12-5-4-8-14(11-12)13-6-2-1-3-7-13/h1-3,6-7,12,14H,4-5,8-11,15H2/t12-,14+/m1/s1. The van der Waals surface area contributed by atoms with Gasteiger partial charge in [0.05, 0.1) is 0 Å². The number of hydrogen-bond donors (Lipinski definition) is 1. The average molecular weight is 203 g/mol. The molecule has 0 spiro atoms. The Morgan fingerprint density at radius 1 is 1.13 bits per heavy atom. The van der Waals surface area contributed by atoms with Crippen LogP contribution in [0.15, 0.2) is 30.3 Å². The quantitative estimate of drug-likeness (QED) is 0.801. The highest BCUT2D eigenvalue weighted by atomic mass is 14.5. The molecule has 0 amide bonds. The van der Waals surface area contributed by atoms with Gasteiger partial charge in [-0.3, -0.25) is 0 Å². The molecule has 1 aliphatic rings. The van der Waals surface area contributed by atoms with E-state index in [2.05, 4.69) is 30.3 Å². The fourth-order valence-electron chi connectivity index (χ4n) is 2.82. The van der Waals surface area contributed by atoms with Crippen molar-refractivity contribution in [2.24, 2.45) is 11.7 Å². The van der Waals surface area contributed by atoms with Gasteiger partial charge in [0.1, 0.15) is 0 Å². The van der Waals surface area contributed by atoms with Crippen LogP contribution in [0.25, 0.3) is 0 Å². The Hall–Kier alpha value is -0.820. The van der Waals surface area contributed by atoms with Crippen LogP contribution in [0.3, 0.4) is 0 Å². The van der Waals surface area contributed by atoms with Crippen molar-refractivity contribution in [2.75, 3.05) is 6.54 Å². The smallest absolute Gasteiger partial charge is 0.00746 e. The van der Waals surface area contributed by atoms with Crippen LogP contribution < -0.4 is 5.73 Å². The average Bonchev–Trinajstić information content (AvgIpc) is 2.31. The van der Waals surface area contributed by atoms with E-state index in [1.54, 1.807) is 0 Å². The van der Waals surface area contributed by atoms with Crippen molar-refractivity contribution in [2.45, 2.75) is 38.0 Å². The van der Waals surface area contributed by atoms with E-state index in [1.807, 2.05) is 0 Å². The second-order valence-corrected chi connectivity index (χ2v) is 4.72. The fraction of sp³-hybridized carbons (Fsp3) is 0.571. The highest BCUT2D eigenvalue weighted by Crippen LogP contribution is 2.37. The summed E-state index contributed by atoms with van der Waals surface area (Å²) < 4.78 is 0. The van der Waals surface area contributed by atoms with Gasteiger partial charge in [0.15, 0.2) is 0 Å². The molecule has 2 rings (SSSR count). The number of hydrogen-bond acceptors (Lipinski definition) is 1. The predicted molar refractivity (Wildman–Crippen MR) is 64.8 cm³/mol.